The lowest BCUT2D eigenvalue weighted by Crippen LogP contribution is -2.53. The molecule has 0 unspecified atom stereocenters. The molecule has 19 heteroatoms. The zero-order valence-electron chi connectivity index (χ0n) is 22.7. The summed E-state index contributed by atoms with van der Waals surface area (Å²) >= 11 is 5.70. The minimum Gasteiger partial charge on any atom is -0.463 e. The molecule has 41 heavy (non-hydrogen) atoms. The van der Waals surface area contributed by atoms with Crippen LogP contribution in [0, 0.1) is 0 Å². The normalized spacial score (nSPS) is 23.0. The van der Waals surface area contributed by atoms with Crippen LogP contribution in [0.3, 0.4) is 0 Å². The molecule has 0 spiro atoms. The Morgan fingerprint density at radius 2 is 1.63 bits per heavy atom. The number of aromatic nitrogens is 2. The van der Waals surface area contributed by atoms with E-state index in [0.717, 1.165) is 6.20 Å². The minimum absolute atomic E-state index is 0.293. The van der Waals surface area contributed by atoms with Gasteiger partial charge in [-0.25, -0.2) is 23.7 Å². The van der Waals surface area contributed by atoms with Crippen molar-refractivity contribution in [3.63, 3.8) is 0 Å². The van der Waals surface area contributed by atoms with Gasteiger partial charge < -0.3 is 28.9 Å². The summed E-state index contributed by atoms with van der Waals surface area (Å²) in [4.78, 5) is 49.3. The summed E-state index contributed by atoms with van der Waals surface area (Å²) in [5.41, 5.74) is -5.20. The number of nitrogens with one attached hydrogen (secondary N) is 3. The summed E-state index contributed by atoms with van der Waals surface area (Å²) in [7, 11) is -4.36. The molecule has 0 saturated carbocycles. The van der Waals surface area contributed by atoms with Crippen LogP contribution in [0.15, 0.2) is 15.8 Å². The van der Waals surface area contributed by atoms with Crippen LogP contribution in [0.5, 0.6) is 0 Å². The Morgan fingerprint density at radius 3 is 2.10 bits per heavy atom. The second-order valence-corrected chi connectivity index (χ2v) is 12.0. The van der Waals surface area contributed by atoms with E-state index in [9.17, 15) is 42.7 Å². The molecule has 1 aliphatic heterocycles. The van der Waals surface area contributed by atoms with E-state index in [1.807, 2.05) is 4.98 Å². The SMILES string of the molecule is CC(C)OC(=O)CCNP(=O)(NCCC(=O)OC(C)C)OC[C@@]1(C(F)F)O[C@@H](n2cc(Cl)c(=O)[nH]c2=O)[C@H](O)[C@@H]1O. The number of rotatable bonds is 15. The van der Waals surface area contributed by atoms with Crippen LogP contribution in [0.4, 0.5) is 8.78 Å². The fourth-order valence-corrected chi connectivity index (χ4v) is 5.28. The third-order valence-corrected chi connectivity index (χ3v) is 7.57. The molecular weight excluding hydrogens is 601 g/mol. The molecule has 4 atom stereocenters. The fraction of sp³-hybridized carbons (Fsp3) is 0.727. The molecule has 0 aliphatic carbocycles. The largest absolute Gasteiger partial charge is 0.463 e. The molecular formula is C22H34ClF2N4O11P. The predicted molar refractivity (Wildman–Crippen MR) is 138 cm³/mol. The summed E-state index contributed by atoms with van der Waals surface area (Å²) in [6, 6.07) is 0. The quantitative estimate of drug-likeness (QED) is 0.131. The average molecular weight is 635 g/mol. The lowest BCUT2D eigenvalue weighted by atomic mass is 9.96. The summed E-state index contributed by atoms with van der Waals surface area (Å²) < 4.78 is 63.2. The highest BCUT2D eigenvalue weighted by Crippen LogP contribution is 2.45. The van der Waals surface area contributed by atoms with Crippen LogP contribution in [0.25, 0.3) is 0 Å². The van der Waals surface area contributed by atoms with Crippen molar-refractivity contribution in [3.8, 4) is 0 Å². The third-order valence-electron chi connectivity index (χ3n) is 5.53. The highest BCUT2D eigenvalue weighted by molar-refractivity contribution is 7.54. The first kappa shape index (κ1) is 35.0. The number of aliphatic hydroxyl groups is 2. The predicted octanol–water partition coefficient (Wildman–Crippen LogP) is 0.432. The van der Waals surface area contributed by atoms with E-state index >= 15 is 0 Å². The van der Waals surface area contributed by atoms with Gasteiger partial charge in [-0.3, -0.25) is 28.5 Å². The molecule has 1 aromatic rings. The number of aliphatic hydroxyl groups excluding tert-OH is 2. The number of halogens is 3. The van der Waals surface area contributed by atoms with Crippen molar-refractivity contribution in [1.82, 2.24) is 19.7 Å². The van der Waals surface area contributed by atoms with Gasteiger partial charge in [0.1, 0.15) is 17.2 Å². The van der Waals surface area contributed by atoms with Crippen LogP contribution in [0.2, 0.25) is 5.02 Å². The number of esters is 2. The second-order valence-electron chi connectivity index (χ2n) is 9.56. The maximum atomic E-state index is 14.4. The van der Waals surface area contributed by atoms with E-state index in [2.05, 4.69) is 10.2 Å². The van der Waals surface area contributed by atoms with Gasteiger partial charge >= 0.3 is 25.3 Å². The van der Waals surface area contributed by atoms with Crippen molar-refractivity contribution in [1.29, 1.82) is 0 Å². The lowest BCUT2D eigenvalue weighted by Gasteiger charge is -2.32. The maximum absolute atomic E-state index is 14.4. The number of carbonyl (C=O) groups excluding carboxylic acids is 2. The Labute approximate surface area is 238 Å². The summed E-state index contributed by atoms with van der Waals surface area (Å²) in [6.07, 6.45) is -10.8. The number of hydrogen-bond acceptors (Lipinski definition) is 11. The van der Waals surface area contributed by atoms with E-state index in [-0.39, 0.29) is 25.9 Å². The van der Waals surface area contributed by atoms with Crippen LogP contribution >= 0.6 is 19.3 Å². The molecule has 0 bridgehead atoms. The Balaban J connectivity index is 2.26. The van der Waals surface area contributed by atoms with Gasteiger partial charge in [0.25, 0.3) is 12.0 Å². The van der Waals surface area contributed by atoms with E-state index in [4.69, 9.17) is 30.3 Å². The van der Waals surface area contributed by atoms with Crippen molar-refractivity contribution >= 4 is 31.2 Å². The van der Waals surface area contributed by atoms with Crippen molar-refractivity contribution in [3.05, 3.63) is 32.1 Å². The molecule has 234 valence electrons. The average Bonchev–Trinajstić information content (AvgIpc) is 3.10. The van der Waals surface area contributed by atoms with Crippen molar-refractivity contribution in [2.45, 2.75) is 83.2 Å². The monoisotopic (exact) mass is 634 g/mol. The van der Waals surface area contributed by atoms with Crippen molar-refractivity contribution in [2.24, 2.45) is 0 Å². The molecule has 1 aromatic heterocycles. The zero-order chi connectivity index (χ0) is 31.1. The number of nitrogens with zero attached hydrogens (tertiary/aromatic N) is 1. The summed E-state index contributed by atoms with van der Waals surface area (Å²) in [5, 5.41) is 25.3. The standard InChI is InChI=1S/C22H34ClF2N4O11P/c1-11(2)38-14(30)5-7-26-41(36,27-8-6-15(31)39-12(3)4)37-10-22(20(24)25)17(33)16(32)19(40-22)29-9-13(23)18(34)28-21(29)35/h9,11-12,16-17,19-20,32-33H,5-8,10H2,1-4H3,(H2,26,27,36)(H,28,34,35)/t16-,17+,19-,22-/m1/s1. The van der Waals surface area contributed by atoms with Gasteiger partial charge in [0.05, 0.1) is 31.7 Å². The fourth-order valence-electron chi connectivity index (χ4n) is 3.64. The van der Waals surface area contributed by atoms with Gasteiger partial charge in [0, 0.05) is 19.3 Å². The number of hydrogen-bond donors (Lipinski definition) is 5. The highest BCUT2D eigenvalue weighted by atomic mass is 35.5. The van der Waals surface area contributed by atoms with Crippen molar-refractivity contribution in [2.75, 3.05) is 19.7 Å². The smallest absolute Gasteiger partial charge is 0.340 e. The Kier molecular flexibility index (Phi) is 12.6. The first-order valence-electron chi connectivity index (χ1n) is 12.5. The molecule has 1 fully saturated rings. The molecule has 2 rings (SSSR count). The Bertz CT molecular complexity index is 1200. The molecule has 1 aliphatic rings. The van der Waals surface area contributed by atoms with Crippen LogP contribution in [0.1, 0.15) is 46.8 Å². The second kappa shape index (κ2) is 14.8. The number of ether oxygens (including phenoxy) is 3. The van der Waals surface area contributed by atoms with Gasteiger partial charge in [0.2, 0.25) is 0 Å². The topological polar surface area (TPSA) is 208 Å². The van der Waals surface area contributed by atoms with Crippen LogP contribution < -0.4 is 21.4 Å². The maximum Gasteiger partial charge on any atom is 0.340 e. The van der Waals surface area contributed by atoms with E-state index < -0.39 is 85.2 Å². The van der Waals surface area contributed by atoms with Gasteiger partial charge in [0.15, 0.2) is 11.8 Å². The third kappa shape index (κ3) is 9.38. The Morgan fingerprint density at radius 1 is 1.12 bits per heavy atom. The number of carbonyl (C=O) groups is 2. The van der Waals surface area contributed by atoms with Gasteiger partial charge in [-0.15, -0.1) is 0 Å². The first-order valence-corrected chi connectivity index (χ1v) is 14.5. The van der Waals surface area contributed by atoms with E-state index in [0.29, 0.717) is 4.57 Å². The molecule has 1 saturated heterocycles. The lowest BCUT2D eigenvalue weighted by molar-refractivity contribution is -0.192. The summed E-state index contributed by atoms with van der Waals surface area (Å²) in [5.74, 6) is -1.32. The van der Waals surface area contributed by atoms with Gasteiger partial charge in [-0.1, -0.05) is 11.6 Å². The number of alkyl halides is 2. The minimum atomic E-state index is -4.36. The molecule has 0 radical (unpaired) electrons. The number of aromatic amines is 1. The number of H-pyrrole nitrogens is 1. The van der Waals surface area contributed by atoms with Gasteiger partial charge in [-0.05, 0) is 27.7 Å². The molecule has 0 amide bonds. The molecule has 5 N–H and O–H groups in total. The van der Waals surface area contributed by atoms with Crippen LogP contribution in [-0.4, -0.2) is 87.8 Å². The highest BCUT2D eigenvalue weighted by Gasteiger charge is 2.61. The summed E-state index contributed by atoms with van der Waals surface area (Å²) in [6.45, 7) is 4.53. The van der Waals surface area contributed by atoms with Crippen LogP contribution in [-0.2, 0) is 32.9 Å². The van der Waals surface area contributed by atoms with Gasteiger partial charge in [-0.2, -0.15) is 0 Å². The first-order chi connectivity index (χ1) is 19.0. The Hall–Kier alpha value is -2.24. The zero-order valence-corrected chi connectivity index (χ0v) is 24.3. The molecule has 15 nitrogen and oxygen atoms in total. The van der Waals surface area contributed by atoms with Crippen molar-refractivity contribution < 1.29 is 51.9 Å². The molecule has 0 aromatic carbocycles. The van der Waals surface area contributed by atoms with E-state index in [1.54, 1.807) is 27.7 Å². The molecule has 2 heterocycles. The van der Waals surface area contributed by atoms with E-state index in [1.165, 1.54) is 0 Å².